The molecule has 0 aliphatic carbocycles. The largest absolute Gasteiger partial charge is 0.263 e. The van der Waals surface area contributed by atoms with Crippen LogP contribution in [0.2, 0.25) is 0 Å². The van der Waals surface area contributed by atoms with E-state index in [1.807, 2.05) is 0 Å². The monoisotopic (exact) mass is 254 g/mol. The van der Waals surface area contributed by atoms with Crippen molar-refractivity contribution in [2.45, 2.75) is 11.5 Å². The molecule has 0 aliphatic rings. The SMILES string of the molecule is CN(CC(F)F)S(=O)(=O)c1ncccc1F. The van der Waals surface area contributed by atoms with E-state index in [1.54, 1.807) is 0 Å². The number of sulfonamides is 1. The van der Waals surface area contributed by atoms with E-state index >= 15 is 0 Å². The Morgan fingerprint density at radius 2 is 2.12 bits per heavy atom. The zero-order valence-electron chi connectivity index (χ0n) is 8.27. The normalized spacial score (nSPS) is 12.4. The summed E-state index contributed by atoms with van der Waals surface area (Å²) in [6, 6.07) is 2.11. The van der Waals surface area contributed by atoms with Crippen molar-refractivity contribution in [2.75, 3.05) is 13.6 Å². The number of hydrogen-bond acceptors (Lipinski definition) is 3. The molecule has 0 aromatic carbocycles. The highest BCUT2D eigenvalue weighted by molar-refractivity contribution is 7.89. The second kappa shape index (κ2) is 4.79. The zero-order valence-corrected chi connectivity index (χ0v) is 9.09. The van der Waals surface area contributed by atoms with Crippen LogP contribution in [0.3, 0.4) is 0 Å². The van der Waals surface area contributed by atoms with Crippen LogP contribution in [-0.4, -0.2) is 37.7 Å². The maximum atomic E-state index is 13.1. The predicted octanol–water partition coefficient (Wildman–Crippen LogP) is 1.11. The molecule has 16 heavy (non-hydrogen) atoms. The summed E-state index contributed by atoms with van der Waals surface area (Å²) in [5.41, 5.74) is 0. The summed E-state index contributed by atoms with van der Waals surface area (Å²) in [5.74, 6) is -1.07. The Morgan fingerprint density at radius 3 is 2.62 bits per heavy atom. The Kier molecular flexibility index (Phi) is 3.87. The Hall–Kier alpha value is -1.15. The zero-order chi connectivity index (χ0) is 12.3. The Labute approximate surface area is 90.8 Å². The minimum Gasteiger partial charge on any atom is -0.241 e. The van der Waals surface area contributed by atoms with Crippen LogP contribution in [0, 0.1) is 5.82 Å². The molecular weight excluding hydrogens is 245 g/mol. The highest BCUT2D eigenvalue weighted by Crippen LogP contribution is 2.15. The predicted molar refractivity (Wildman–Crippen MR) is 50.0 cm³/mol. The standard InChI is InChI=1S/C8H9F3N2O2S/c1-13(5-7(10)11)16(14,15)8-6(9)3-2-4-12-8/h2-4,7H,5H2,1H3. The van der Waals surface area contributed by atoms with Gasteiger partial charge in [0.1, 0.15) is 0 Å². The van der Waals surface area contributed by atoms with E-state index in [2.05, 4.69) is 4.98 Å². The fourth-order valence-electron chi connectivity index (χ4n) is 1.00. The van der Waals surface area contributed by atoms with E-state index in [0.717, 1.165) is 19.3 Å². The molecule has 0 fully saturated rings. The summed E-state index contributed by atoms with van der Waals surface area (Å²) < 4.78 is 60.7. The molecule has 0 amide bonds. The van der Waals surface area contributed by atoms with Crippen molar-refractivity contribution in [1.82, 2.24) is 9.29 Å². The first-order chi connectivity index (χ1) is 7.35. The smallest absolute Gasteiger partial charge is 0.241 e. The number of rotatable bonds is 4. The minimum absolute atomic E-state index is 0.364. The molecule has 0 radical (unpaired) electrons. The molecule has 1 heterocycles. The lowest BCUT2D eigenvalue weighted by Gasteiger charge is -2.15. The van der Waals surface area contributed by atoms with Gasteiger partial charge >= 0.3 is 0 Å². The maximum absolute atomic E-state index is 13.1. The number of pyridine rings is 1. The number of halogens is 3. The molecule has 0 saturated carbocycles. The number of aromatic nitrogens is 1. The number of hydrogen-bond donors (Lipinski definition) is 0. The molecule has 0 aliphatic heterocycles. The second-order valence-electron chi connectivity index (χ2n) is 2.97. The van der Waals surface area contributed by atoms with E-state index < -0.39 is 33.8 Å². The average Bonchev–Trinajstić information content (AvgIpc) is 2.16. The van der Waals surface area contributed by atoms with E-state index in [9.17, 15) is 21.6 Å². The molecular formula is C8H9F3N2O2S. The third kappa shape index (κ3) is 2.70. The van der Waals surface area contributed by atoms with Gasteiger partial charge < -0.3 is 0 Å². The Morgan fingerprint density at radius 1 is 1.50 bits per heavy atom. The van der Waals surface area contributed by atoms with Gasteiger partial charge in [0, 0.05) is 13.2 Å². The lowest BCUT2D eigenvalue weighted by atomic mass is 10.5. The average molecular weight is 254 g/mol. The van der Waals surface area contributed by atoms with Gasteiger partial charge in [-0.3, -0.25) is 0 Å². The van der Waals surface area contributed by atoms with Gasteiger partial charge in [-0.2, -0.15) is 4.31 Å². The van der Waals surface area contributed by atoms with Gasteiger partial charge in [-0.15, -0.1) is 0 Å². The molecule has 0 atom stereocenters. The van der Waals surface area contributed by atoms with Crippen molar-refractivity contribution < 1.29 is 21.6 Å². The molecule has 1 rings (SSSR count). The maximum Gasteiger partial charge on any atom is 0.263 e. The van der Waals surface area contributed by atoms with Crippen molar-refractivity contribution in [3.8, 4) is 0 Å². The lowest BCUT2D eigenvalue weighted by molar-refractivity contribution is 0.126. The van der Waals surface area contributed by atoms with Crippen LogP contribution in [-0.2, 0) is 10.0 Å². The van der Waals surface area contributed by atoms with Gasteiger partial charge in [0.25, 0.3) is 16.4 Å². The topological polar surface area (TPSA) is 50.3 Å². The van der Waals surface area contributed by atoms with Crippen LogP contribution in [0.15, 0.2) is 23.4 Å². The van der Waals surface area contributed by atoms with Gasteiger partial charge in [0.2, 0.25) is 5.03 Å². The van der Waals surface area contributed by atoms with Gasteiger partial charge in [-0.25, -0.2) is 26.6 Å². The molecule has 8 heteroatoms. The first kappa shape index (κ1) is 12.9. The second-order valence-corrected chi connectivity index (χ2v) is 4.93. The number of nitrogens with zero attached hydrogens (tertiary/aromatic N) is 2. The fourth-order valence-corrected chi connectivity index (χ4v) is 2.11. The highest BCUT2D eigenvalue weighted by Gasteiger charge is 2.27. The van der Waals surface area contributed by atoms with Crippen LogP contribution in [0.5, 0.6) is 0 Å². The first-order valence-electron chi connectivity index (χ1n) is 4.20. The molecule has 0 N–H and O–H groups in total. The van der Waals surface area contributed by atoms with E-state index in [0.29, 0.717) is 4.31 Å². The fraction of sp³-hybridized carbons (Fsp3) is 0.375. The molecule has 1 aromatic heterocycles. The van der Waals surface area contributed by atoms with Gasteiger partial charge in [0.15, 0.2) is 5.82 Å². The van der Waals surface area contributed by atoms with Crippen LogP contribution in [0.1, 0.15) is 0 Å². The van der Waals surface area contributed by atoms with Crippen molar-refractivity contribution in [2.24, 2.45) is 0 Å². The van der Waals surface area contributed by atoms with Crippen molar-refractivity contribution in [3.63, 3.8) is 0 Å². The van der Waals surface area contributed by atoms with Gasteiger partial charge in [-0.1, -0.05) is 0 Å². The van der Waals surface area contributed by atoms with E-state index in [1.165, 1.54) is 6.07 Å². The third-order valence-electron chi connectivity index (χ3n) is 1.77. The first-order valence-corrected chi connectivity index (χ1v) is 5.64. The van der Waals surface area contributed by atoms with Crippen LogP contribution < -0.4 is 0 Å². The summed E-state index contributed by atoms with van der Waals surface area (Å²) >= 11 is 0. The molecule has 0 bridgehead atoms. The summed E-state index contributed by atoms with van der Waals surface area (Å²) in [6.45, 7) is -1.00. The van der Waals surface area contributed by atoms with Crippen molar-refractivity contribution in [1.29, 1.82) is 0 Å². The van der Waals surface area contributed by atoms with Gasteiger partial charge in [-0.05, 0) is 12.1 Å². The molecule has 4 nitrogen and oxygen atoms in total. The van der Waals surface area contributed by atoms with Crippen LogP contribution >= 0.6 is 0 Å². The summed E-state index contributed by atoms with van der Waals surface area (Å²) in [7, 11) is -3.36. The molecule has 0 saturated heterocycles. The van der Waals surface area contributed by atoms with Crippen LogP contribution in [0.4, 0.5) is 13.2 Å². The van der Waals surface area contributed by atoms with E-state index in [-0.39, 0.29) is 0 Å². The molecule has 0 unspecified atom stereocenters. The lowest BCUT2D eigenvalue weighted by Crippen LogP contribution is -2.32. The molecule has 0 spiro atoms. The highest BCUT2D eigenvalue weighted by atomic mass is 32.2. The molecule has 1 aromatic rings. The minimum atomic E-state index is -4.30. The Bertz CT molecular complexity index is 464. The summed E-state index contributed by atoms with van der Waals surface area (Å²) in [4.78, 5) is 3.33. The Balaban J connectivity index is 3.08. The van der Waals surface area contributed by atoms with Crippen molar-refractivity contribution >= 4 is 10.0 Å². The number of alkyl halides is 2. The molecule has 90 valence electrons. The van der Waals surface area contributed by atoms with Crippen molar-refractivity contribution in [3.05, 3.63) is 24.1 Å². The summed E-state index contributed by atoms with van der Waals surface area (Å²) in [6.07, 6.45) is -1.75. The third-order valence-corrected chi connectivity index (χ3v) is 3.53. The summed E-state index contributed by atoms with van der Waals surface area (Å²) in [5, 5.41) is -0.849. The van der Waals surface area contributed by atoms with Gasteiger partial charge in [0.05, 0.1) is 6.54 Å². The van der Waals surface area contributed by atoms with Crippen LogP contribution in [0.25, 0.3) is 0 Å². The van der Waals surface area contributed by atoms with E-state index in [4.69, 9.17) is 0 Å². The quantitative estimate of drug-likeness (QED) is 0.808.